The van der Waals surface area contributed by atoms with Crippen molar-refractivity contribution in [3.05, 3.63) is 85.0 Å². The zero-order valence-corrected chi connectivity index (χ0v) is 15.9. The third kappa shape index (κ3) is 4.41. The molecule has 0 unspecified atom stereocenters. The zero-order valence-electron chi connectivity index (χ0n) is 15.1. The van der Waals surface area contributed by atoms with E-state index in [9.17, 15) is 17.2 Å². The summed E-state index contributed by atoms with van der Waals surface area (Å²) in [4.78, 5) is 3.41. The van der Waals surface area contributed by atoms with Crippen LogP contribution in [0.5, 0.6) is 11.6 Å². The van der Waals surface area contributed by atoms with Gasteiger partial charge in [-0.25, -0.2) is 22.2 Å². The first-order valence-corrected chi connectivity index (χ1v) is 9.96. The number of hydrogen-bond donors (Lipinski definition) is 1. The van der Waals surface area contributed by atoms with Crippen molar-refractivity contribution in [3.63, 3.8) is 0 Å². The first-order valence-electron chi connectivity index (χ1n) is 8.48. The lowest BCUT2D eigenvalue weighted by Gasteiger charge is -2.10. The number of rotatable bonds is 6. The Labute approximate surface area is 169 Å². The number of hydrogen-bond acceptors (Lipinski definition) is 6. The van der Waals surface area contributed by atoms with Gasteiger partial charge in [0.05, 0.1) is 4.90 Å². The van der Waals surface area contributed by atoms with Crippen LogP contribution in [-0.4, -0.2) is 28.2 Å². The van der Waals surface area contributed by atoms with Crippen LogP contribution in [0.2, 0.25) is 0 Å². The molecular formula is C19H13F2N5O3S. The molecule has 0 atom stereocenters. The van der Waals surface area contributed by atoms with Gasteiger partial charge in [0, 0.05) is 30.2 Å². The maximum Gasteiger partial charge on any atom is 0.262 e. The van der Waals surface area contributed by atoms with Gasteiger partial charge in [-0.15, -0.1) is 10.2 Å². The Hall–Kier alpha value is -3.86. The third-order valence-electron chi connectivity index (χ3n) is 3.87. The Morgan fingerprint density at radius 1 is 0.933 bits per heavy atom. The monoisotopic (exact) mass is 429 g/mol. The molecule has 0 fully saturated rings. The molecule has 0 amide bonds. The summed E-state index contributed by atoms with van der Waals surface area (Å²) in [5.74, 6) is -0.779. The van der Waals surface area contributed by atoms with E-state index in [2.05, 4.69) is 19.9 Å². The summed E-state index contributed by atoms with van der Waals surface area (Å²) in [6.07, 6.45) is 4.93. The number of aromatic nitrogens is 4. The van der Waals surface area contributed by atoms with Gasteiger partial charge in [-0.3, -0.25) is 9.29 Å². The second-order valence-corrected chi connectivity index (χ2v) is 7.72. The molecule has 4 aromatic rings. The van der Waals surface area contributed by atoms with E-state index in [4.69, 9.17) is 4.74 Å². The number of nitrogens with zero attached hydrogens (tertiary/aromatic N) is 4. The molecule has 0 saturated heterocycles. The first-order chi connectivity index (χ1) is 14.4. The van der Waals surface area contributed by atoms with Crippen LogP contribution >= 0.6 is 0 Å². The largest absolute Gasteiger partial charge is 0.438 e. The molecular weight excluding hydrogens is 416 g/mol. The van der Waals surface area contributed by atoms with Crippen molar-refractivity contribution in [2.75, 3.05) is 4.72 Å². The van der Waals surface area contributed by atoms with E-state index in [1.54, 1.807) is 35.4 Å². The molecule has 30 heavy (non-hydrogen) atoms. The topological polar surface area (TPSA) is 99.0 Å². The normalized spacial score (nSPS) is 11.3. The molecule has 11 heteroatoms. The lowest BCUT2D eigenvalue weighted by atomic mass is 10.3. The van der Waals surface area contributed by atoms with E-state index in [1.165, 1.54) is 24.3 Å². The molecule has 2 aromatic heterocycles. The summed E-state index contributed by atoms with van der Waals surface area (Å²) < 4.78 is 60.7. The second kappa shape index (κ2) is 7.87. The van der Waals surface area contributed by atoms with E-state index in [0.29, 0.717) is 17.6 Å². The number of anilines is 1. The molecule has 4 rings (SSSR count). The van der Waals surface area contributed by atoms with Crippen molar-refractivity contribution in [1.82, 2.24) is 19.7 Å². The molecule has 0 radical (unpaired) electrons. The third-order valence-corrected chi connectivity index (χ3v) is 5.23. The number of imidazole rings is 1. The van der Waals surface area contributed by atoms with Crippen LogP contribution < -0.4 is 9.46 Å². The molecule has 2 heterocycles. The summed E-state index contributed by atoms with van der Waals surface area (Å²) in [6.45, 7) is 0. The van der Waals surface area contributed by atoms with Gasteiger partial charge < -0.3 is 4.74 Å². The second-order valence-electron chi connectivity index (χ2n) is 6.04. The standard InChI is InChI=1S/C19H13F2N5O3S/c20-13-9-14(21)11-17(10-13)30(27,28)25-15-1-3-16(4-2-15)29-19-6-5-18(23-24-19)26-8-7-22-12-26/h1-12,25H. The number of halogens is 2. The van der Waals surface area contributed by atoms with Crippen LogP contribution in [0.3, 0.4) is 0 Å². The lowest BCUT2D eigenvalue weighted by molar-refractivity contribution is 0.454. The van der Waals surface area contributed by atoms with Gasteiger partial charge in [0.1, 0.15) is 23.7 Å². The fourth-order valence-electron chi connectivity index (χ4n) is 2.51. The van der Waals surface area contributed by atoms with Crippen LogP contribution in [0, 0.1) is 11.6 Å². The van der Waals surface area contributed by atoms with Crippen molar-refractivity contribution < 1.29 is 21.9 Å². The maximum absolute atomic E-state index is 13.3. The Morgan fingerprint density at radius 2 is 1.67 bits per heavy atom. The van der Waals surface area contributed by atoms with E-state index in [0.717, 1.165) is 12.1 Å². The molecule has 2 aromatic carbocycles. The van der Waals surface area contributed by atoms with Gasteiger partial charge in [0.25, 0.3) is 10.0 Å². The number of nitrogens with one attached hydrogen (secondary N) is 1. The van der Waals surface area contributed by atoms with E-state index >= 15 is 0 Å². The van der Waals surface area contributed by atoms with Crippen LogP contribution in [0.25, 0.3) is 5.82 Å². The summed E-state index contributed by atoms with van der Waals surface area (Å²) in [5.41, 5.74) is 0.188. The maximum atomic E-state index is 13.3. The van der Waals surface area contributed by atoms with Gasteiger partial charge in [-0.2, -0.15) is 0 Å². The predicted molar refractivity (Wildman–Crippen MR) is 103 cm³/mol. The highest BCUT2D eigenvalue weighted by atomic mass is 32.2. The van der Waals surface area contributed by atoms with Gasteiger partial charge in [0.15, 0.2) is 5.82 Å². The van der Waals surface area contributed by atoms with Gasteiger partial charge in [-0.1, -0.05) is 0 Å². The SMILES string of the molecule is O=S(=O)(Nc1ccc(Oc2ccc(-n3ccnc3)nn2)cc1)c1cc(F)cc(F)c1. The summed E-state index contributed by atoms with van der Waals surface area (Å²) in [5, 5.41) is 7.99. The van der Waals surface area contributed by atoms with Gasteiger partial charge in [0.2, 0.25) is 5.88 Å². The minimum Gasteiger partial charge on any atom is -0.438 e. The van der Waals surface area contributed by atoms with E-state index < -0.39 is 26.6 Å². The van der Waals surface area contributed by atoms with Crippen LogP contribution in [-0.2, 0) is 10.0 Å². The number of sulfonamides is 1. The average molecular weight is 429 g/mol. The Morgan fingerprint density at radius 3 is 2.27 bits per heavy atom. The number of ether oxygens (including phenoxy) is 1. The highest BCUT2D eigenvalue weighted by molar-refractivity contribution is 7.92. The quantitative estimate of drug-likeness (QED) is 0.503. The Balaban J connectivity index is 1.45. The molecule has 0 spiro atoms. The minimum absolute atomic E-state index is 0.188. The Bertz CT molecular complexity index is 1240. The molecule has 8 nitrogen and oxygen atoms in total. The molecule has 0 aliphatic rings. The lowest BCUT2D eigenvalue weighted by Crippen LogP contribution is -2.13. The molecule has 0 saturated carbocycles. The van der Waals surface area contributed by atoms with Crippen molar-refractivity contribution in [3.8, 4) is 17.4 Å². The van der Waals surface area contributed by atoms with Crippen molar-refractivity contribution >= 4 is 15.7 Å². The summed E-state index contributed by atoms with van der Waals surface area (Å²) in [7, 11) is -4.16. The fraction of sp³-hybridized carbons (Fsp3) is 0. The van der Waals surface area contributed by atoms with Crippen LogP contribution in [0.4, 0.5) is 14.5 Å². The van der Waals surface area contributed by atoms with Crippen LogP contribution in [0.1, 0.15) is 0 Å². The predicted octanol–water partition coefficient (Wildman–Crippen LogP) is 3.53. The van der Waals surface area contributed by atoms with Crippen molar-refractivity contribution in [1.29, 1.82) is 0 Å². The van der Waals surface area contributed by atoms with Gasteiger partial charge in [-0.05, 0) is 42.5 Å². The highest BCUT2D eigenvalue weighted by Gasteiger charge is 2.17. The summed E-state index contributed by atoms with van der Waals surface area (Å²) in [6, 6.07) is 11.3. The Kier molecular flexibility index (Phi) is 5.11. The summed E-state index contributed by atoms with van der Waals surface area (Å²) >= 11 is 0. The molecule has 0 aliphatic carbocycles. The van der Waals surface area contributed by atoms with E-state index in [1.807, 2.05) is 0 Å². The first kappa shape index (κ1) is 19.5. The minimum atomic E-state index is -4.16. The van der Waals surface area contributed by atoms with E-state index in [-0.39, 0.29) is 11.6 Å². The fourth-order valence-corrected chi connectivity index (χ4v) is 3.61. The molecule has 0 bridgehead atoms. The smallest absolute Gasteiger partial charge is 0.262 e. The molecule has 1 N–H and O–H groups in total. The van der Waals surface area contributed by atoms with Gasteiger partial charge >= 0.3 is 0 Å². The molecule has 0 aliphatic heterocycles. The van der Waals surface area contributed by atoms with Crippen LogP contribution in [0.15, 0.2) is 78.2 Å². The average Bonchev–Trinajstić information content (AvgIpc) is 3.24. The highest BCUT2D eigenvalue weighted by Crippen LogP contribution is 2.23. The van der Waals surface area contributed by atoms with Crippen molar-refractivity contribution in [2.24, 2.45) is 0 Å². The molecule has 152 valence electrons. The number of benzene rings is 2. The van der Waals surface area contributed by atoms with Crippen molar-refractivity contribution in [2.45, 2.75) is 4.90 Å². The zero-order chi connectivity index (χ0) is 21.1.